The average molecular weight is 769 g/mol. The fourth-order valence-corrected chi connectivity index (χ4v) is 10.6. The van der Waals surface area contributed by atoms with Crippen LogP contribution in [0.2, 0.25) is 0 Å². The zero-order valence-electron chi connectivity index (χ0n) is 33.6. The standard InChI is InChI=1S/C58H44N2/c1-2-15-39(16-3-1)46-33-34-50(48-25-9-8-24-47(46)48)58-52-32-30-43(59-35-13-21-41-18-5-10-27-55(41)59)37-53(52)57(49-26-12-20-40-17-4-7-23-45(40)49)51-31-29-44(38-54(51)58)60-36-14-22-42-19-6-11-28-56(42)60/h1-12,15-20,23-34,37-38H,13-14,21-22,35-36H2. The van der Waals surface area contributed by atoms with E-state index in [4.69, 9.17) is 0 Å². The molecule has 2 aliphatic rings. The molecule has 2 nitrogen and oxygen atoms in total. The average Bonchev–Trinajstić information content (AvgIpc) is 3.32. The maximum atomic E-state index is 2.55. The summed E-state index contributed by atoms with van der Waals surface area (Å²) in [5.74, 6) is 0. The Balaban J connectivity index is 1.21. The van der Waals surface area contributed by atoms with E-state index in [1.165, 1.54) is 110 Å². The largest absolute Gasteiger partial charge is 0.341 e. The van der Waals surface area contributed by atoms with Crippen molar-refractivity contribution in [3.63, 3.8) is 0 Å². The lowest BCUT2D eigenvalue weighted by Gasteiger charge is -2.32. The maximum Gasteiger partial charge on any atom is 0.0443 e. The Hall–Kier alpha value is -7.16. The highest BCUT2D eigenvalue weighted by molar-refractivity contribution is 6.26. The molecular weight excluding hydrogens is 725 g/mol. The predicted octanol–water partition coefficient (Wildman–Crippen LogP) is 15.5. The number of para-hydroxylation sites is 2. The molecule has 0 fully saturated rings. The molecule has 0 unspecified atom stereocenters. The highest BCUT2D eigenvalue weighted by Gasteiger charge is 2.25. The van der Waals surface area contributed by atoms with Gasteiger partial charge in [-0.3, -0.25) is 0 Å². The quantitative estimate of drug-likeness (QED) is 0.161. The summed E-state index contributed by atoms with van der Waals surface area (Å²) in [5.41, 5.74) is 15.6. The van der Waals surface area contributed by atoms with Gasteiger partial charge >= 0.3 is 0 Å². The summed E-state index contributed by atoms with van der Waals surface area (Å²) >= 11 is 0. The molecule has 60 heavy (non-hydrogen) atoms. The van der Waals surface area contributed by atoms with Crippen LogP contribution in [0, 0.1) is 0 Å². The van der Waals surface area contributed by atoms with Crippen LogP contribution < -0.4 is 9.80 Å². The summed E-state index contributed by atoms with van der Waals surface area (Å²) < 4.78 is 0. The van der Waals surface area contributed by atoms with Crippen LogP contribution in [-0.4, -0.2) is 13.1 Å². The van der Waals surface area contributed by atoms with Crippen molar-refractivity contribution in [1.29, 1.82) is 0 Å². The van der Waals surface area contributed by atoms with E-state index in [9.17, 15) is 0 Å². The van der Waals surface area contributed by atoms with E-state index in [1.54, 1.807) is 0 Å². The van der Waals surface area contributed by atoms with Crippen LogP contribution in [0.25, 0.3) is 76.5 Å². The number of hydrogen-bond donors (Lipinski definition) is 0. The second-order valence-electron chi connectivity index (χ2n) is 16.6. The van der Waals surface area contributed by atoms with Crippen LogP contribution in [0.15, 0.2) is 194 Å². The van der Waals surface area contributed by atoms with Crippen molar-refractivity contribution in [2.45, 2.75) is 25.7 Å². The van der Waals surface area contributed by atoms with E-state index in [2.05, 4.69) is 204 Å². The molecule has 2 heteroatoms. The van der Waals surface area contributed by atoms with Gasteiger partial charge in [0.25, 0.3) is 0 Å². The second-order valence-corrected chi connectivity index (χ2v) is 16.6. The van der Waals surface area contributed by atoms with Crippen LogP contribution in [0.5, 0.6) is 0 Å². The molecule has 0 radical (unpaired) electrons. The minimum absolute atomic E-state index is 0.997. The molecule has 12 rings (SSSR count). The molecule has 0 atom stereocenters. The normalized spacial score (nSPS) is 13.9. The Morgan fingerprint density at radius 1 is 0.317 bits per heavy atom. The molecule has 0 aliphatic carbocycles. The van der Waals surface area contributed by atoms with Gasteiger partial charge in [0, 0.05) is 35.8 Å². The van der Waals surface area contributed by atoms with E-state index in [0.717, 1.165) is 38.8 Å². The lowest BCUT2D eigenvalue weighted by molar-refractivity contribution is 0.767. The van der Waals surface area contributed by atoms with Crippen molar-refractivity contribution in [1.82, 2.24) is 0 Å². The van der Waals surface area contributed by atoms with Crippen molar-refractivity contribution in [2.24, 2.45) is 0 Å². The van der Waals surface area contributed by atoms with Gasteiger partial charge in [-0.15, -0.1) is 0 Å². The third-order valence-corrected chi connectivity index (χ3v) is 13.3. The first-order valence-electron chi connectivity index (χ1n) is 21.6. The Bertz CT molecular complexity index is 3280. The minimum Gasteiger partial charge on any atom is -0.341 e. The molecule has 0 N–H and O–H groups in total. The van der Waals surface area contributed by atoms with Crippen molar-refractivity contribution >= 4 is 65.8 Å². The van der Waals surface area contributed by atoms with E-state index in [-0.39, 0.29) is 0 Å². The zero-order valence-corrected chi connectivity index (χ0v) is 33.6. The summed E-state index contributed by atoms with van der Waals surface area (Å²) in [6, 6.07) is 73.0. The van der Waals surface area contributed by atoms with Gasteiger partial charge in [-0.05, 0) is 150 Å². The number of nitrogens with zero attached hydrogens (tertiary/aromatic N) is 2. The van der Waals surface area contributed by atoms with Crippen molar-refractivity contribution < 1.29 is 0 Å². The van der Waals surface area contributed by atoms with Gasteiger partial charge in [-0.25, -0.2) is 0 Å². The molecule has 2 heterocycles. The number of benzene rings is 10. The molecule has 0 saturated heterocycles. The van der Waals surface area contributed by atoms with Crippen LogP contribution in [0.3, 0.4) is 0 Å². The second kappa shape index (κ2) is 14.3. The fourth-order valence-electron chi connectivity index (χ4n) is 10.6. The highest BCUT2D eigenvalue weighted by Crippen LogP contribution is 2.50. The van der Waals surface area contributed by atoms with Crippen LogP contribution >= 0.6 is 0 Å². The van der Waals surface area contributed by atoms with Gasteiger partial charge < -0.3 is 9.80 Å². The lowest BCUT2D eigenvalue weighted by atomic mass is 9.82. The summed E-state index contributed by atoms with van der Waals surface area (Å²) in [5, 5.41) is 10.2. The van der Waals surface area contributed by atoms with Crippen molar-refractivity contribution in [3.05, 3.63) is 205 Å². The molecule has 286 valence electrons. The third kappa shape index (κ3) is 5.62. The van der Waals surface area contributed by atoms with E-state index >= 15 is 0 Å². The van der Waals surface area contributed by atoms with Crippen molar-refractivity contribution in [2.75, 3.05) is 22.9 Å². The molecule has 0 spiro atoms. The Morgan fingerprint density at radius 2 is 0.800 bits per heavy atom. The highest BCUT2D eigenvalue weighted by atomic mass is 15.1. The van der Waals surface area contributed by atoms with Gasteiger partial charge in [-0.1, -0.05) is 158 Å². The third-order valence-electron chi connectivity index (χ3n) is 13.3. The fraction of sp³-hybridized carbons (Fsp3) is 0.103. The topological polar surface area (TPSA) is 6.48 Å². The first-order chi connectivity index (χ1) is 29.8. The van der Waals surface area contributed by atoms with Crippen molar-refractivity contribution in [3.8, 4) is 33.4 Å². The molecule has 0 amide bonds. The number of anilines is 4. The van der Waals surface area contributed by atoms with Gasteiger partial charge in [0.15, 0.2) is 0 Å². The molecule has 0 saturated carbocycles. The predicted molar refractivity (Wildman–Crippen MR) is 256 cm³/mol. The molecule has 2 aliphatic heterocycles. The Kier molecular flexibility index (Phi) is 8.30. The molecular formula is C58H44N2. The molecule has 10 aromatic rings. The summed E-state index contributed by atoms with van der Waals surface area (Å²) in [7, 11) is 0. The maximum absolute atomic E-state index is 2.55. The number of aryl methyl sites for hydroxylation is 2. The number of fused-ring (bicyclic) bond motifs is 6. The van der Waals surface area contributed by atoms with Crippen LogP contribution in [0.4, 0.5) is 22.7 Å². The molecule has 10 aromatic carbocycles. The molecule has 0 aromatic heterocycles. The first kappa shape index (κ1) is 34.8. The molecule has 0 bridgehead atoms. The Morgan fingerprint density at radius 3 is 1.43 bits per heavy atom. The smallest absolute Gasteiger partial charge is 0.0443 e. The number of rotatable bonds is 5. The van der Waals surface area contributed by atoms with Gasteiger partial charge in [0.2, 0.25) is 0 Å². The first-order valence-corrected chi connectivity index (χ1v) is 21.6. The van der Waals surface area contributed by atoms with E-state index in [1.807, 2.05) is 0 Å². The summed E-state index contributed by atoms with van der Waals surface area (Å²) in [6.45, 7) is 2.00. The van der Waals surface area contributed by atoms with Gasteiger partial charge in [-0.2, -0.15) is 0 Å². The monoisotopic (exact) mass is 768 g/mol. The Labute approximate surface area is 351 Å². The summed E-state index contributed by atoms with van der Waals surface area (Å²) in [4.78, 5) is 5.10. The lowest BCUT2D eigenvalue weighted by Crippen LogP contribution is -2.24. The van der Waals surface area contributed by atoms with Gasteiger partial charge in [0.1, 0.15) is 0 Å². The van der Waals surface area contributed by atoms with E-state index in [0.29, 0.717) is 0 Å². The summed E-state index contributed by atoms with van der Waals surface area (Å²) in [6.07, 6.45) is 4.50. The SMILES string of the molecule is c1ccc(-c2ccc(-c3c4ccc(N5CCCc6ccccc65)cc4c(-c4cccc5ccccc45)c4ccc(N5CCCc6ccccc65)cc34)c3ccccc23)cc1. The van der Waals surface area contributed by atoms with E-state index < -0.39 is 0 Å². The number of hydrogen-bond acceptors (Lipinski definition) is 2. The zero-order chi connectivity index (χ0) is 39.6. The van der Waals surface area contributed by atoms with Gasteiger partial charge in [0.05, 0.1) is 0 Å². The van der Waals surface area contributed by atoms with Crippen LogP contribution in [0.1, 0.15) is 24.0 Å². The minimum atomic E-state index is 0.997. The van der Waals surface area contributed by atoms with Crippen LogP contribution in [-0.2, 0) is 12.8 Å².